The molecule has 2 unspecified atom stereocenters. The Labute approximate surface area is 92.7 Å². The summed E-state index contributed by atoms with van der Waals surface area (Å²) in [6.45, 7) is 2.20. The van der Waals surface area contributed by atoms with E-state index in [9.17, 15) is 5.11 Å². The second-order valence-electron chi connectivity index (χ2n) is 4.48. The van der Waals surface area contributed by atoms with Crippen molar-refractivity contribution in [3.8, 4) is 0 Å². The standard InChI is InChI=1S/C12H23NO2/c1-13(9-12(14)10-15-2)8-11-6-4-3-5-7-11/h3-4,11-12,14H,5-10H2,1-2H3. The van der Waals surface area contributed by atoms with Crippen LogP contribution < -0.4 is 0 Å². The first-order valence-electron chi connectivity index (χ1n) is 5.73. The molecule has 0 saturated carbocycles. The van der Waals surface area contributed by atoms with Crippen LogP contribution >= 0.6 is 0 Å². The van der Waals surface area contributed by atoms with Crippen molar-refractivity contribution in [2.75, 3.05) is 33.9 Å². The molecule has 0 saturated heterocycles. The van der Waals surface area contributed by atoms with Gasteiger partial charge in [-0.15, -0.1) is 0 Å². The molecule has 2 atom stereocenters. The lowest BCUT2D eigenvalue weighted by molar-refractivity contribution is 0.0401. The summed E-state index contributed by atoms with van der Waals surface area (Å²) in [6.07, 6.45) is 7.84. The molecular formula is C12H23NO2. The largest absolute Gasteiger partial charge is 0.389 e. The first kappa shape index (κ1) is 12.7. The molecule has 0 aromatic rings. The van der Waals surface area contributed by atoms with Crippen molar-refractivity contribution in [3.05, 3.63) is 12.2 Å². The van der Waals surface area contributed by atoms with Crippen LogP contribution in [0.3, 0.4) is 0 Å². The van der Waals surface area contributed by atoms with Gasteiger partial charge in [0, 0.05) is 20.2 Å². The van der Waals surface area contributed by atoms with E-state index in [2.05, 4.69) is 24.1 Å². The number of methoxy groups -OCH3 is 1. The average Bonchev–Trinajstić information content (AvgIpc) is 2.19. The monoisotopic (exact) mass is 213 g/mol. The molecule has 1 aliphatic carbocycles. The van der Waals surface area contributed by atoms with Gasteiger partial charge in [-0.1, -0.05) is 12.2 Å². The summed E-state index contributed by atoms with van der Waals surface area (Å²) in [5.41, 5.74) is 0. The Morgan fingerprint density at radius 3 is 2.93 bits per heavy atom. The molecule has 0 fully saturated rings. The van der Waals surface area contributed by atoms with Gasteiger partial charge in [0.1, 0.15) is 0 Å². The molecule has 1 rings (SSSR count). The van der Waals surface area contributed by atoms with E-state index >= 15 is 0 Å². The van der Waals surface area contributed by atoms with E-state index in [0.717, 1.165) is 12.5 Å². The Balaban J connectivity index is 2.16. The third-order valence-corrected chi connectivity index (χ3v) is 2.83. The van der Waals surface area contributed by atoms with Crippen LogP contribution in [0.15, 0.2) is 12.2 Å². The molecule has 0 heterocycles. The molecule has 0 radical (unpaired) electrons. The van der Waals surface area contributed by atoms with Crippen LogP contribution in [0.2, 0.25) is 0 Å². The van der Waals surface area contributed by atoms with E-state index in [1.54, 1.807) is 7.11 Å². The van der Waals surface area contributed by atoms with Gasteiger partial charge in [0.05, 0.1) is 12.7 Å². The summed E-state index contributed by atoms with van der Waals surface area (Å²) >= 11 is 0. The van der Waals surface area contributed by atoms with E-state index in [1.807, 2.05) is 0 Å². The number of rotatable bonds is 6. The number of likely N-dealkylation sites (N-methyl/N-ethyl adjacent to an activating group) is 1. The van der Waals surface area contributed by atoms with Gasteiger partial charge < -0.3 is 14.7 Å². The molecule has 0 bridgehead atoms. The normalized spacial score (nSPS) is 23.3. The minimum absolute atomic E-state index is 0.362. The Bertz CT molecular complexity index is 194. The topological polar surface area (TPSA) is 32.7 Å². The maximum Gasteiger partial charge on any atom is 0.0899 e. The van der Waals surface area contributed by atoms with Gasteiger partial charge in [0.2, 0.25) is 0 Å². The van der Waals surface area contributed by atoms with Crippen molar-refractivity contribution in [2.45, 2.75) is 25.4 Å². The van der Waals surface area contributed by atoms with Gasteiger partial charge in [-0.05, 0) is 32.2 Å². The molecule has 0 aromatic carbocycles. The van der Waals surface area contributed by atoms with E-state index in [0.29, 0.717) is 13.2 Å². The zero-order chi connectivity index (χ0) is 11.1. The highest BCUT2D eigenvalue weighted by Gasteiger charge is 2.14. The first-order valence-corrected chi connectivity index (χ1v) is 5.73. The Hall–Kier alpha value is -0.380. The molecule has 88 valence electrons. The zero-order valence-electron chi connectivity index (χ0n) is 9.85. The molecule has 3 heteroatoms. The second kappa shape index (κ2) is 6.99. The number of allylic oxidation sites excluding steroid dienone is 2. The average molecular weight is 213 g/mol. The smallest absolute Gasteiger partial charge is 0.0899 e. The number of hydrogen-bond donors (Lipinski definition) is 1. The van der Waals surface area contributed by atoms with Gasteiger partial charge in [-0.2, -0.15) is 0 Å². The summed E-state index contributed by atoms with van der Waals surface area (Å²) in [6, 6.07) is 0. The van der Waals surface area contributed by atoms with Gasteiger partial charge >= 0.3 is 0 Å². The van der Waals surface area contributed by atoms with Crippen LogP contribution in [0.1, 0.15) is 19.3 Å². The van der Waals surface area contributed by atoms with Gasteiger partial charge in [-0.3, -0.25) is 0 Å². The van der Waals surface area contributed by atoms with E-state index in [1.165, 1.54) is 19.3 Å². The quantitative estimate of drug-likeness (QED) is 0.675. The maximum absolute atomic E-state index is 9.57. The highest BCUT2D eigenvalue weighted by Crippen LogP contribution is 2.18. The molecular weight excluding hydrogens is 190 g/mol. The highest BCUT2D eigenvalue weighted by atomic mass is 16.5. The van der Waals surface area contributed by atoms with E-state index in [4.69, 9.17) is 4.74 Å². The Morgan fingerprint density at radius 1 is 1.53 bits per heavy atom. The van der Waals surface area contributed by atoms with Crippen molar-refractivity contribution < 1.29 is 9.84 Å². The summed E-state index contributed by atoms with van der Waals surface area (Å²) < 4.78 is 4.91. The highest BCUT2D eigenvalue weighted by molar-refractivity contribution is 4.90. The summed E-state index contributed by atoms with van der Waals surface area (Å²) in [5, 5.41) is 9.57. The number of ether oxygens (including phenoxy) is 1. The Kier molecular flexibility index (Phi) is 5.91. The summed E-state index contributed by atoms with van der Waals surface area (Å²) in [7, 11) is 3.69. The maximum atomic E-state index is 9.57. The van der Waals surface area contributed by atoms with Crippen LogP contribution in [0, 0.1) is 5.92 Å². The number of hydrogen-bond acceptors (Lipinski definition) is 3. The van der Waals surface area contributed by atoms with Crippen LogP contribution in [-0.2, 0) is 4.74 Å². The molecule has 3 nitrogen and oxygen atoms in total. The van der Waals surface area contributed by atoms with Crippen molar-refractivity contribution in [2.24, 2.45) is 5.92 Å². The third-order valence-electron chi connectivity index (χ3n) is 2.83. The molecule has 0 aliphatic heterocycles. The fourth-order valence-electron chi connectivity index (χ4n) is 2.14. The molecule has 1 N–H and O–H groups in total. The van der Waals surface area contributed by atoms with Crippen LogP contribution in [0.5, 0.6) is 0 Å². The lowest BCUT2D eigenvalue weighted by atomic mass is 9.94. The number of nitrogens with zero attached hydrogens (tertiary/aromatic N) is 1. The van der Waals surface area contributed by atoms with Crippen molar-refractivity contribution in [3.63, 3.8) is 0 Å². The van der Waals surface area contributed by atoms with Crippen LogP contribution in [-0.4, -0.2) is 50.0 Å². The van der Waals surface area contributed by atoms with Crippen LogP contribution in [0.4, 0.5) is 0 Å². The minimum Gasteiger partial charge on any atom is -0.389 e. The fraction of sp³-hybridized carbons (Fsp3) is 0.833. The lowest BCUT2D eigenvalue weighted by Crippen LogP contribution is -2.35. The molecule has 15 heavy (non-hydrogen) atoms. The predicted molar refractivity (Wildman–Crippen MR) is 61.9 cm³/mol. The first-order chi connectivity index (χ1) is 7.22. The third kappa shape index (κ3) is 5.30. The number of aliphatic hydroxyl groups is 1. The van der Waals surface area contributed by atoms with Gasteiger partial charge in [0.25, 0.3) is 0 Å². The number of aliphatic hydroxyl groups excluding tert-OH is 1. The van der Waals surface area contributed by atoms with Crippen molar-refractivity contribution >= 4 is 0 Å². The van der Waals surface area contributed by atoms with E-state index < -0.39 is 0 Å². The summed E-state index contributed by atoms with van der Waals surface area (Å²) in [4.78, 5) is 2.20. The second-order valence-corrected chi connectivity index (χ2v) is 4.48. The molecule has 0 amide bonds. The van der Waals surface area contributed by atoms with Crippen molar-refractivity contribution in [1.82, 2.24) is 4.90 Å². The summed E-state index contributed by atoms with van der Waals surface area (Å²) in [5.74, 6) is 0.759. The van der Waals surface area contributed by atoms with Gasteiger partial charge in [-0.25, -0.2) is 0 Å². The fourth-order valence-corrected chi connectivity index (χ4v) is 2.14. The zero-order valence-corrected chi connectivity index (χ0v) is 9.85. The van der Waals surface area contributed by atoms with Gasteiger partial charge in [0.15, 0.2) is 0 Å². The Morgan fingerprint density at radius 2 is 2.33 bits per heavy atom. The van der Waals surface area contributed by atoms with Crippen LogP contribution in [0.25, 0.3) is 0 Å². The SMILES string of the molecule is COCC(O)CN(C)CC1CC=CCC1. The lowest BCUT2D eigenvalue weighted by Gasteiger charge is -2.26. The molecule has 1 aliphatic rings. The molecule has 0 spiro atoms. The van der Waals surface area contributed by atoms with Crippen molar-refractivity contribution in [1.29, 1.82) is 0 Å². The van der Waals surface area contributed by atoms with E-state index in [-0.39, 0.29) is 6.10 Å². The molecule has 0 aromatic heterocycles. The minimum atomic E-state index is -0.362. The predicted octanol–water partition coefficient (Wildman–Crippen LogP) is 1.28.